The molecule has 1 rings (SSSR count). The highest BCUT2D eigenvalue weighted by atomic mass is 127. The van der Waals surface area contributed by atoms with Gasteiger partial charge in [-0.3, -0.25) is 0 Å². The SMILES string of the molecule is OCC1OC(CI)C(O)C(O)C1O. The molecular formula is C7H13IO5. The van der Waals surface area contributed by atoms with Gasteiger partial charge in [0.05, 0.1) is 12.7 Å². The summed E-state index contributed by atoms with van der Waals surface area (Å²) in [4.78, 5) is 0. The van der Waals surface area contributed by atoms with E-state index in [4.69, 9.17) is 9.84 Å². The van der Waals surface area contributed by atoms with E-state index in [1.807, 2.05) is 22.6 Å². The van der Waals surface area contributed by atoms with Gasteiger partial charge in [0.25, 0.3) is 0 Å². The van der Waals surface area contributed by atoms with E-state index in [0.29, 0.717) is 4.43 Å². The predicted octanol–water partition coefficient (Wildman–Crippen LogP) is -1.74. The number of aliphatic hydroxyl groups is 4. The van der Waals surface area contributed by atoms with Crippen LogP contribution in [0.2, 0.25) is 0 Å². The fourth-order valence-electron chi connectivity index (χ4n) is 1.31. The van der Waals surface area contributed by atoms with Crippen molar-refractivity contribution >= 4 is 22.6 Å². The van der Waals surface area contributed by atoms with Crippen LogP contribution < -0.4 is 0 Å². The minimum absolute atomic E-state index is 0.363. The Morgan fingerprint density at radius 1 is 1.00 bits per heavy atom. The van der Waals surface area contributed by atoms with Gasteiger partial charge in [-0.25, -0.2) is 0 Å². The molecule has 1 heterocycles. The van der Waals surface area contributed by atoms with Gasteiger partial charge in [0.2, 0.25) is 0 Å². The highest BCUT2D eigenvalue weighted by Gasteiger charge is 2.42. The Balaban J connectivity index is 2.66. The van der Waals surface area contributed by atoms with E-state index < -0.39 is 30.5 Å². The minimum Gasteiger partial charge on any atom is -0.394 e. The third-order valence-electron chi connectivity index (χ3n) is 2.14. The molecule has 5 nitrogen and oxygen atoms in total. The number of ether oxygens (including phenoxy) is 1. The molecule has 1 fully saturated rings. The van der Waals surface area contributed by atoms with Gasteiger partial charge in [-0.1, -0.05) is 22.6 Å². The molecular weight excluding hydrogens is 291 g/mol. The molecule has 0 aromatic heterocycles. The summed E-state index contributed by atoms with van der Waals surface area (Å²) in [6.45, 7) is -0.363. The second kappa shape index (κ2) is 4.85. The van der Waals surface area contributed by atoms with Crippen LogP contribution in [0.3, 0.4) is 0 Å². The molecule has 78 valence electrons. The molecule has 0 saturated carbocycles. The lowest BCUT2D eigenvalue weighted by molar-refractivity contribution is -0.222. The summed E-state index contributed by atoms with van der Waals surface area (Å²) >= 11 is 2.01. The van der Waals surface area contributed by atoms with Gasteiger partial charge in [0, 0.05) is 4.43 Å². The maximum atomic E-state index is 9.40. The first-order valence-corrected chi connectivity index (χ1v) is 5.50. The van der Waals surface area contributed by atoms with Crippen LogP contribution in [0.1, 0.15) is 0 Å². The predicted molar refractivity (Wildman–Crippen MR) is 52.7 cm³/mol. The number of halogens is 1. The maximum Gasteiger partial charge on any atom is 0.111 e. The third-order valence-corrected chi connectivity index (χ3v) is 3.01. The standard InChI is InChI=1S/C7H13IO5/c8-1-3-5(10)7(12)6(11)4(2-9)13-3/h3-7,9-12H,1-2H2. The Bertz CT molecular complexity index is 147. The lowest BCUT2D eigenvalue weighted by Gasteiger charge is -2.39. The van der Waals surface area contributed by atoms with Crippen LogP contribution in [0.25, 0.3) is 0 Å². The van der Waals surface area contributed by atoms with Crippen molar-refractivity contribution < 1.29 is 25.2 Å². The first-order valence-electron chi connectivity index (χ1n) is 3.98. The van der Waals surface area contributed by atoms with Crippen LogP contribution in [0.4, 0.5) is 0 Å². The van der Waals surface area contributed by atoms with Gasteiger partial charge in [0.1, 0.15) is 24.4 Å². The number of hydrogen-bond donors (Lipinski definition) is 4. The molecule has 1 saturated heterocycles. The van der Waals surface area contributed by atoms with Gasteiger partial charge in [-0.2, -0.15) is 0 Å². The summed E-state index contributed by atoms with van der Waals surface area (Å²) in [5, 5.41) is 36.9. The largest absolute Gasteiger partial charge is 0.394 e. The van der Waals surface area contributed by atoms with Crippen molar-refractivity contribution in [2.24, 2.45) is 0 Å². The molecule has 1 aliphatic heterocycles. The van der Waals surface area contributed by atoms with Crippen molar-refractivity contribution in [1.82, 2.24) is 0 Å². The summed E-state index contributed by atoms with van der Waals surface area (Å²) in [5.74, 6) is 0. The molecule has 5 unspecified atom stereocenters. The average Bonchev–Trinajstić information content (AvgIpc) is 2.15. The summed E-state index contributed by atoms with van der Waals surface area (Å²) in [6.07, 6.45) is -4.89. The average molecular weight is 304 g/mol. The molecule has 0 aliphatic carbocycles. The summed E-state index contributed by atoms with van der Waals surface area (Å²) < 4.78 is 5.66. The van der Waals surface area contributed by atoms with Crippen molar-refractivity contribution in [3.8, 4) is 0 Å². The molecule has 6 heteroatoms. The van der Waals surface area contributed by atoms with Crippen molar-refractivity contribution in [3.63, 3.8) is 0 Å². The Hall–Kier alpha value is 0.530. The summed E-state index contributed by atoms with van der Waals surface area (Å²) in [7, 11) is 0. The number of alkyl halides is 1. The number of rotatable bonds is 2. The second-order valence-electron chi connectivity index (χ2n) is 3.02. The molecule has 0 aromatic carbocycles. The molecule has 13 heavy (non-hydrogen) atoms. The van der Waals surface area contributed by atoms with E-state index >= 15 is 0 Å². The summed E-state index contributed by atoms with van der Waals surface area (Å²) in [5.41, 5.74) is 0. The monoisotopic (exact) mass is 304 g/mol. The summed E-state index contributed by atoms with van der Waals surface area (Å²) in [6, 6.07) is 0. The van der Waals surface area contributed by atoms with E-state index in [9.17, 15) is 15.3 Å². The van der Waals surface area contributed by atoms with Crippen LogP contribution in [-0.2, 0) is 4.74 Å². The molecule has 0 spiro atoms. The van der Waals surface area contributed by atoms with E-state index in [2.05, 4.69) is 0 Å². The normalized spacial score (nSPS) is 46.4. The van der Waals surface area contributed by atoms with Crippen LogP contribution in [0.5, 0.6) is 0 Å². The van der Waals surface area contributed by atoms with Gasteiger partial charge >= 0.3 is 0 Å². The number of hydrogen-bond acceptors (Lipinski definition) is 5. The van der Waals surface area contributed by atoms with Crippen molar-refractivity contribution in [3.05, 3.63) is 0 Å². The van der Waals surface area contributed by atoms with E-state index in [-0.39, 0.29) is 6.61 Å². The van der Waals surface area contributed by atoms with Crippen LogP contribution in [0, 0.1) is 0 Å². The molecule has 0 radical (unpaired) electrons. The lowest BCUT2D eigenvalue weighted by atomic mass is 9.96. The highest BCUT2D eigenvalue weighted by molar-refractivity contribution is 14.1. The van der Waals surface area contributed by atoms with E-state index in [1.165, 1.54) is 0 Å². The Labute approximate surface area is 89.5 Å². The zero-order valence-corrected chi connectivity index (χ0v) is 9.03. The molecule has 5 atom stereocenters. The zero-order valence-electron chi connectivity index (χ0n) is 6.88. The smallest absolute Gasteiger partial charge is 0.111 e. The molecule has 1 aliphatic rings. The van der Waals surface area contributed by atoms with Crippen molar-refractivity contribution in [1.29, 1.82) is 0 Å². The fraction of sp³-hybridized carbons (Fsp3) is 1.00. The van der Waals surface area contributed by atoms with Gasteiger partial charge in [-0.05, 0) is 0 Å². The van der Waals surface area contributed by atoms with Gasteiger partial charge < -0.3 is 25.2 Å². The van der Waals surface area contributed by atoms with Crippen LogP contribution in [-0.4, -0.2) is 62.0 Å². The zero-order chi connectivity index (χ0) is 10.0. The Kier molecular flexibility index (Phi) is 4.33. The van der Waals surface area contributed by atoms with Crippen LogP contribution in [0.15, 0.2) is 0 Å². The van der Waals surface area contributed by atoms with Crippen molar-refractivity contribution in [2.75, 3.05) is 11.0 Å². The quantitative estimate of drug-likeness (QED) is 0.359. The molecule has 0 bridgehead atoms. The maximum absolute atomic E-state index is 9.40. The lowest BCUT2D eigenvalue weighted by Crippen LogP contribution is -2.58. The first kappa shape index (κ1) is 11.6. The van der Waals surface area contributed by atoms with Crippen molar-refractivity contribution in [2.45, 2.75) is 30.5 Å². The molecule has 0 amide bonds. The fourth-order valence-corrected chi connectivity index (χ4v) is 2.03. The Morgan fingerprint density at radius 3 is 2.00 bits per heavy atom. The third kappa shape index (κ3) is 2.31. The van der Waals surface area contributed by atoms with Gasteiger partial charge in [0.15, 0.2) is 0 Å². The first-order chi connectivity index (χ1) is 6.11. The topological polar surface area (TPSA) is 90.2 Å². The number of aliphatic hydroxyl groups excluding tert-OH is 4. The molecule has 4 N–H and O–H groups in total. The van der Waals surface area contributed by atoms with Gasteiger partial charge in [-0.15, -0.1) is 0 Å². The molecule has 0 aromatic rings. The Morgan fingerprint density at radius 2 is 1.54 bits per heavy atom. The van der Waals surface area contributed by atoms with Crippen LogP contribution >= 0.6 is 22.6 Å². The van der Waals surface area contributed by atoms with E-state index in [0.717, 1.165) is 0 Å². The van der Waals surface area contributed by atoms with E-state index in [1.54, 1.807) is 0 Å². The second-order valence-corrected chi connectivity index (χ2v) is 3.90. The highest BCUT2D eigenvalue weighted by Crippen LogP contribution is 2.22. The minimum atomic E-state index is -1.24.